The van der Waals surface area contributed by atoms with Gasteiger partial charge in [-0.25, -0.2) is 0 Å². The summed E-state index contributed by atoms with van der Waals surface area (Å²) < 4.78 is 5.23. The molecular formula is C28H31N5O3S. The summed E-state index contributed by atoms with van der Waals surface area (Å²) in [5.74, 6) is 0.991. The van der Waals surface area contributed by atoms with Crippen LogP contribution in [0, 0.1) is 0 Å². The minimum atomic E-state index is -0.590. The Labute approximate surface area is 220 Å². The van der Waals surface area contributed by atoms with E-state index in [4.69, 9.17) is 4.74 Å². The molecule has 3 heterocycles. The SMILES string of the molecule is COc1ccc(C(C)(C)NC(=O)c2cc3c(N(C)C(=O)c4ccc(N5CCCC5)cc4)[nH]nc3s2)cc1. The Hall–Kier alpha value is -3.85. The number of hydrogen-bond donors (Lipinski definition) is 2. The van der Waals surface area contributed by atoms with Gasteiger partial charge >= 0.3 is 0 Å². The summed E-state index contributed by atoms with van der Waals surface area (Å²) in [6, 6.07) is 17.2. The van der Waals surface area contributed by atoms with E-state index in [1.165, 1.54) is 24.2 Å². The van der Waals surface area contributed by atoms with Crippen molar-refractivity contribution < 1.29 is 14.3 Å². The summed E-state index contributed by atoms with van der Waals surface area (Å²) in [5.41, 5.74) is 2.12. The van der Waals surface area contributed by atoms with E-state index in [0.717, 1.165) is 35.5 Å². The molecule has 0 unspecified atom stereocenters. The van der Waals surface area contributed by atoms with Crippen LogP contribution >= 0.6 is 11.3 Å². The molecule has 0 aliphatic carbocycles. The molecule has 1 aliphatic heterocycles. The molecule has 0 atom stereocenters. The summed E-state index contributed by atoms with van der Waals surface area (Å²) in [4.78, 5) is 31.5. The summed E-state index contributed by atoms with van der Waals surface area (Å²) >= 11 is 1.29. The summed E-state index contributed by atoms with van der Waals surface area (Å²) in [6.07, 6.45) is 2.41. The lowest BCUT2D eigenvalue weighted by Gasteiger charge is -2.26. The van der Waals surface area contributed by atoms with E-state index in [9.17, 15) is 9.59 Å². The van der Waals surface area contributed by atoms with E-state index >= 15 is 0 Å². The zero-order valence-electron chi connectivity index (χ0n) is 21.5. The first-order valence-electron chi connectivity index (χ1n) is 12.3. The van der Waals surface area contributed by atoms with Crippen LogP contribution in [0.15, 0.2) is 54.6 Å². The number of nitrogens with one attached hydrogen (secondary N) is 2. The third-order valence-electron chi connectivity index (χ3n) is 6.92. The number of methoxy groups -OCH3 is 1. The Morgan fingerprint density at radius 1 is 1.08 bits per heavy atom. The van der Waals surface area contributed by atoms with E-state index < -0.39 is 5.54 Å². The Balaban J connectivity index is 1.32. The topological polar surface area (TPSA) is 90.6 Å². The van der Waals surface area contributed by atoms with Gasteiger partial charge in [0.15, 0.2) is 0 Å². The van der Waals surface area contributed by atoms with E-state index in [2.05, 4.69) is 20.4 Å². The Morgan fingerprint density at radius 3 is 2.41 bits per heavy atom. The van der Waals surface area contributed by atoms with Gasteiger partial charge in [-0.05, 0) is 74.7 Å². The second-order valence-electron chi connectivity index (χ2n) is 9.81. The number of fused-ring (bicyclic) bond motifs is 1. The highest BCUT2D eigenvalue weighted by Gasteiger charge is 2.26. The molecule has 1 aliphatic rings. The van der Waals surface area contributed by atoms with Crippen LogP contribution in [0.1, 0.15) is 52.3 Å². The number of H-pyrrole nitrogens is 1. The Morgan fingerprint density at radius 2 is 1.76 bits per heavy atom. The molecule has 9 heteroatoms. The number of carbonyl (C=O) groups excluding carboxylic acids is 2. The first kappa shape index (κ1) is 24.8. The normalized spacial score (nSPS) is 13.7. The first-order chi connectivity index (χ1) is 17.8. The van der Waals surface area contributed by atoms with Gasteiger partial charge in [-0.2, -0.15) is 5.10 Å². The predicted octanol–water partition coefficient (Wildman–Crippen LogP) is 5.17. The average molecular weight is 518 g/mol. The van der Waals surface area contributed by atoms with Gasteiger partial charge in [0.25, 0.3) is 11.8 Å². The highest BCUT2D eigenvalue weighted by molar-refractivity contribution is 7.20. The maximum atomic E-state index is 13.2. The van der Waals surface area contributed by atoms with Gasteiger partial charge < -0.3 is 15.0 Å². The molecule has 0 saturated carbocycles. The average Bonchev–Trinajstić information content (AvgIpc) is 3.66. The van der Waals surface area contributed by atoms with Crippen LogP contribution in [-0.2, 0) is 5.54 Å². The molecular weight excluding hydrogens is 486 g/mol. The molecule has 8 nitrogen and oxygen atoms in total. The summed E-state index contributed by atoms with van der Waals surface area (Å²) in [6.45, 7) is 6.03. The summed E-state index contributed by atoms with van der Waals surface area (Å²) in [7, 11) is 3.34. The van der Waals surface area contributed by atoms with Crippen molar-refractivity contribution in [3.8, 4) is 5.75 Å². The van der Waals surface area contributed by atoms with E-state index in [-0.39, 0.29) is 11.8 Å². The molecule has 1 fully saturated rings. The molecule has 2 aromatic carbocycles. The molecule has 1 saturated heterocycles. The van der Waals surface area contributed by atoms with E-state index in [0.29, 0.717) is 21.1 Å². The lowest BCUT2D eigenvalue weighted by atomic mass is 9.94. The van der Waals surface area contributed by atoms with Gasteiger partial charge in [-0.15, -0.1) is 11.3 Å². The summed E-state index contributed by atoms with van der Waals surface area (Å²) in [5, 5.41) is 11.2. The number of aromatic amines is 1. The quantitative estimate of drug-likeness (QED) is 0.353. The number of rotatable bonds is 7. The number of thiophene rings is 1. The van der Waals surface area contributed by atoms with Gasteiger partial charge in [-0.1, -0.05) is 12.1 Å². The van der Waals surface area contributed by atoms with E-state index in [1.54, 1.807) is 25.1 Å². The molecule has 0 radical (unpaired) electrons. The van der Waals surface area contributed by atoms with Gasteiger partial charge in [0.05, 0.1) is 22.9 Å². The van der Waals surface area contributed by atoms with Gasteiger partial charge in [0, 0.05) is 31.4 Å². The van der Waals surface area contributed by atoms with Crippen LogP contribution in [0.4, 0.5) is 11.5 Å². The van der Waals surface area contributed by atoms with E-state index in [1.807, 2.05) is 62.4 Å². The maximum Gasteiger partial charge on any atom is 0.262 e. The second-order valence-corrected chi connectivity index (χ2v) is 10.8. The van der Waals surface area contributed by atoms with Crippen molar-refractivity contribution >= 4 is 44.9 Å². The largest absolute Gasteiger partial charge is 0.497 e. The lowest BCUT2D eigenvalue weighted by molar-refractivity contribution is 0.0915. The standard InChI is InChI=1S/C28H31N5O3S/c1-28(2,19-9-13-21(36-4)14-10-19)29-25(34)23-17-22-24(30-31-26(22)37-23)32(3)27(35)18-7-11-20(12-8-18)33-15-5-6-16-33/h7-14,17H,5-6,15-16H2,1-4H3,(H,29,34)(H,30,31). The molecule has 2 aromatic heterocycles. The second kappa shape index (κ2) is 9.89. The molecule has 2 amide bonds. The monoisotopic (exact) mass is 517 g/mol. The van der Waals surface area contributed by atoms with Crippen molar-refractivity contribution in [3.63, 3.8) is 0 Å². The van der Waals surface area contributed by atoms with Crippen molar-refractivity contribution in [1.29, 1.82) is 0 Å². The van der Waals surface area contributed by atoms with Gasteiger partial charge in [0.1, 0.15) is 16.4 Å². The van der Waals surface area contributed by atoms with Crippen molar-refractivity contribution in [1.82, 2.24) is 15.5 Å². The molecule has 37 heavy (non-hydrogen) atoms. The predicted molar refractivity (Wildman–Crippen MR) is 148 cm³/mol. The van der Waals surface area contributed by atoms with Crippen LogP contribution < -0.4 is 19.9 Å². The van der Waals surface area contributed by atoms with Crippen LogP contribution in [0.2, 0.25) is 0 Å². The van der Waals surface area contributed by atoms with Crippen LogP contribution in [0.3, 0.4) is 0 Å². The molecule has 4 aromatic rings. The Kier molecular flexibility index (Phi) is 6.64. The van der Waals surface area contributed by atoms with Crippen molar-refractivity contribution in [2.24, 2.45) is 0 Å². The highest BCUT2D eigenvalue weighted by atomic mass is 32.1. The Bertz CT molecular complexity index is 1420. The zero-order valence-corrected chi connectivity index (χ0v) is 22.3. The fourth-order valence-electron chi connectivity index (χ4n) is 4.68. The number of nitrogens with zero attached hydrogens (tertiary/aromatic N) is 3. The fraction of sp³-hybridized carbons (Fsp3) is 0.321. The van der Waals surface area contributed by atoms with Gasteiger partial charge in [-0.3, -0.25) is 19.6 Å². The number of amides is 2. The minimum absolute atomic E-state index is 0.142. The number of benzene rings is 2. The number of carbonyl (C=O) groups is 2. The molecule has 0 bridgehead atoms. The van der Waals surface area contributed by atoms with Crippen molar-refractivity contribution in [2.75, 3.05) is 37.0 Å². The fourth-order valence-corrected chi connectivity index (χ4v) is 5.56. The van der Waals surface area contributed by atoms with Crippen LogP contribution in [0.25, 0.3) is 10.2 Å². The smallest absolute Gasteiger partial charge is 0.262 e. The minimum Gasteiger partial charge on any atom is -0.497 e. The van der Waals surface area contributed by atoms with Gasteiger partial charge in [0.2, 0.25) is 0 Å². The number of anilines is 2. The molecule has 192 valence electrons. The maximum absolute atomic E-state index is 13.2. The molecule has 2 N–H and O–H groups in total. The molecule has 0 spiro atoms. The zero-order chi connectivity index (χ0) is 26.2. The van der Waals surface area contributed by atoms with Crippen molar-refractivity contribution in [3.05, 3.63) is 70.6 Å². The van der Waals surface area contributed by atoms with Crippen molar-refractivity contribution in [2.45, 2.75) is 32.2 Å². The number of aromatic nitrogens is 2. The number of hydrogen-bond acceptors (Lipinski definition) is 6. The highest BCUT2D eigenvalue weighted by Crippen LogP contribution is 2.33. The van der Waals surface area contributed by atoms with Crippen LogP contribution in [0.5, 0.6) is 5.75 Å². The molecule has 5 rings (SSSR count). The number of ether oxygens (including phenoxy) is 1. The third kappa shape index (κ3) is 4.91. The van der Waals surface area contributed by atoms with Crippen LogP contribution in [-0.4, -0.2) is 49.3 Å². The first-order valence-corrected chi connectivity index (χ1v) is 13.2. The lowest BCUT2D eigenvalue weighted by Crippen LogP contribution is -2.40. The third-order valence-corrected chi connectivity index (χ3v) is 7.95.